The van der Waals surface area contributed by atoms with Gasteiger partial charge in [0.25, 0.3) is 0 Å². The van der Waals surface area contributed by atoms with Crippen molar-refractivity contribution >= 4 is 46.9 Å². The molecule has 2 aromatic rings. The number of amides is 2. The summed E-state index contributed by atoms with van der Waals surface area (Å²) < 4.78 is 0. The molecule has 0 aliphatic rings. The molecule has 23 heavy (non-hydrogen) atoms. The number of nitrogens with one attached hydrogen (secondary N) is 2. The van der Waals surface area contributed by atoms with Crippen LogP contribution in [0.3, 0.4) is 0 Å². The van der Waals surface area contributed by atoms with Crippen LogP contribution in [0.1, 0.15) is 11.1 Å². The van der Waals surface area contributed by atoms with Crippen molar-refractivity contribution in [3.05, 3.63) is 63.6 Å². The van der Waals surface area contributed by atoms with Gasteiger partial charge in [0, 0.05) is 16.3 Å². The molecule has 0 heterocycles. The molecular weight excluding hydrogens is 337 g/mol. The Morgan fingerprint density at radius 3 is 2.39 bits per heavy atom. The van der Waals surface area contributed by atoms with E-state index in [4.69, 9.17) is 23.2 Å². The lowest BCUT2D eigenvalue weighted by Crippen LogP contribution is -2.32. The zero-order valence-electron chi connectivity index (χ0n) is 12.1. The third kappa shape index (κ3) is 5.09. The second kappa shape index (κ2) is 7.76. The maximum Gasteiger partial charge on any atom is 0.329 e. The topological polar surface area (TPSA) is 70.6 Å². The van der Waals surface area contributed by atoms with Crippen LogP contribution < -0.4 is 10.7 Å². The highest BCUT2D eigenvalue weighted by atomic mass is 35.5. The summed E-state index contributed by atoms with van der Waals surface area (Å²) in [6.07, 6.45) is 1.33. The Bertz CT molecular complexity index is 758. The zero-order chi connectivity index (χ0) is 16.8. The highest BCUT2D eigenvalue weighted by Crippen LogP contribution is 2.19. The van der Waals surface area contributed by atoms with Crippen LogP contribution in [0.4, 0.5) is 5.69 Å². The number of aryl methyl sites for hydroxylation is 1. The van der Waals surface area contributed by atoms with E-state index in [1.54, 1.807) is 30.3 Å². The molecule has 7 heteroatoms. The smallest absolute Gasteiger partial charge is 0.318 e. The minimum absolute atomic E-state index is 0.389. The highest BCUT2D eigenvalue weighted by molar-refractivity contribution is 6.39. The molecule has 0 aromatic heterocycles. The van der Waals surface area contributed by atoms with Crippen molar-refractivity contribution in [1.82, 2.24) is 5.43 Å². The molecule has 2 rings (SSSR count). The molecule has 0 fully saturated rings. The Morgan fingerprint density at radius 2 is 1.74 bits per heavy atom. The van der Waals surface area contributed by atoms with Gasteiger partial charge in [0.2, 0.25) is 0 Å². The van der Waals surface area contributed by atoms with Crippen LogP contribution in [0.2, 0.25) is 10.0 Å². The van der Waals surface area contributed by atoms with Crippen molar-refractivity contribution in [2.45, 2.75) is 6.92 Å². The molecule has 0 aliphatic heterocycles. The van der Waals surface area contributed by atoms with E-state index in [0.29, 0.717) is 21.3 Å². The second-order valence-electron chi connectivity index (χ2n) is 4.69. The number of hydrogen-bond donors (Lipinski definition) is 2. The first-order valence-electron chi connectivity index (χ1n) is 6.62. The van der Waals surface area contributed by atoms with E-state index >= 15 is 0 Å². The van der Waals surface area contributed by atoms with Crippen molar-refractivity contribution in [1.29, 1.82) is 0 Å². The Morgan fingerprint density at radius 1 is 1.04 bits per heavy atom. The molecular formula is C16H13Cl2N3O2. The van der Waals surface area contributed by atoms with Crippen molar-refractivity contribution in [3.63, 3.8) is 0 Å². The molecule has 118 valence electrons. The summed E-state index contributed by atoms with van der Waals surface area (Å²) >= 11 is 11.7. The first-order valence-corrected chi connectivity index (χ1v) is 7.37. The predicted octanol–water partition coefficient (Wildman–Crippen LogP) is 3.39. The predicted molar refractivity (Wildman–Crippen MR) is 92.0 cm³/mol. The molecule has 0 saturated carbocycles. The second-order valence-corrected chi connectivity index (χ2v) is 5.53. The monoisotopic (exact) mass is 349 g/mol. The largest absolute Gasteiger partial charge is 0.329 e. The number of rotatable bonds is 3. The van der Waals surface area contributed by atoms with Crippen LogP contribution in [0.5, 0.6) is 0 Å². The van der Waals surface area contributed by atoms with Gasteiger partial charge in [-0.1, -0.05) is 47.0 Å². The van der Waals surface area contributed by atoms with Crippen LogP contribution in [0.15, 0.2) is 47.6 Å². The van der Waals surface area contributed by atoms with Crippen molar-refractivity contribution in [2.24, 2.45) is 5.10 Å². The minimum atomic E-state index is -0.882. The first kappa shape index (κ1) is 17.0. The Hall–Kier alpha value is -2.37. The summed E-state index contributed by atoms with van der Waals surface area (Å²) in [6, 6.07) is 11.9. The van der Waals surface area contributed by atoms with Gasteiger partial charge in [-0.25, -0.2) is 5.43 Å². The molecule has 0 unspecified atom stereocenters. The van der Waals surface area contributed by atoms with E-state index in [0.717, 1.165) is 5.56 Å². The quantitative estimate of drug-likeness (QED) is 0.506. The van der Waals surface area contributed by atoms with Gasteiger partial charge in [0.1, 0.15) is 0 Å². The summed E-state index contributed by atoms with van der Waals surface area (Å²) in [5.41, 5.74) is 4.28. The molecule has 0 bridgehead atoms. The van der Waals surface area contributed by atoms with E-state index in [1.807, 2.05) is 19.1 Å². The average Bonchev–Trinajstić information content (AvgIpc) is 2.51. The van der Waals surface area contributed by atoms with Crippen LogP contribution in [-0.4, -0.2) is 18.0 Å². The number of hydrazone groups is 1. The van der Waals surface area contributed by atoms with Crippen molar-refractivity contribution in [3.8, 4) is 0 Å². The molecule has 2 aromatic carbocycles. The lowest BCUT2D eigenvalue weighted by atomic mass is 10.2. The van der Waals surface area contributed by atoms with E-state index in [9.17, 15) is 9.59 Å². The van der Waals surface area contributed by atoms with Crippen LogP contribution >= 0.6 is 23.2 Å². The van der Waals surface area contributed by atoms with Gasteiger partial charge in [-0.15, -0.1) is 0 Å². The van der Waals surface area contributed by atoms with E-state index < -0.39 is 11.8 Å². The fraction of sp³-hybridized carbons (Fsp3) is 0.0625. The number of carbonyl (C=O) groups excluding carboxylic acids is 2. The Labute approximate surface area is 143 Å². The van der Waals surface area contributed by atoms with Crippen LogP contribution in [0, 0.1) is 6.92 Å². The molecule has 5 nitrogen and oxygen atoms in total. The summed E-state index contributed by atoms with van der Waals surface area (Å²) in [5.74, 6) is -1.69. The summed E-state index contributed by atoms with van der Waals surface area (Å²) in [6.45, 7) is 1.93. The zero-order valence-corrected chi connectivity index (χ0v) is 13.7. The standard InChI is InChI=1S/C16H13Cl2N3O2/c1-10-2-6-13(7-3-10)20-15(22)16(23)21-19-9-11-4-5-12(17)8-14(11)18/h2-9H,1H3,(H,20,22)(H,21,23)/b19-9-. The summed E-state index contributed by atoms with van der Waals surface area (Å²) in [4.78, 5) is 23.4. The third-order valence-corrected chi connectivity index (χ3v) is 3.41. The number of nitrogens with zero attached hydrogens (tertiary/aromatic N) is 1. The number of benzene rings is 2. The fourth-order valence-electron chi connectivity index (χ4n) is 1.64. The van der Waals surface area contributed by atoms with Gasteiger partial charge in [-0.05, 0) is 31.2 Å². The number of halogens is 2. The molecule has 2 amide bonds. The van der Waals surface area contributed by atoms with Crippen molar-refractivity contribution in [2.75, 3.05) is 5.32 Å². The van der Waals surface area contributed by atoms with Crippen LogP contribution in [0.25, 0.3) is 0 Å². The normalized spacial score (nSPS) is 10.6. The van der Waals surface area contributed by atoms with Crippen LogP contribution in [-0.2, 0) is 9.59 Å². The summed E-state index contributed by atoms with van der Waals surface area (Å²) in [7, 11) is 0. The summed E-state index contributed by atoms with van der Waals surface area (Å²) in [5, 5.41) is 7.05. The average molecular weight is 350 g/mol. The molecule has 2 N–H and O–H groups in total. The number of anilines is 1. The van der Waals surface area contributed by atoms with Gasteiger partial charge >= 0.3 is 11.8 Å². The molecule has 0 atom stereocenters. The number of carbonyl (C=O) groups is 2. The highest BCUT2D eigenvalue weighted by Gasteiger charge is 2.12. The van der Waals surface area contributed by atoms with Gasteiger partial charge in [0.05, 0.1) is 11.2 Å². The maximum atomic E-state index is 11.7. The minimum Gasteiger partial charge on any atom is -0.318 e. The Balaban J connectivity index is 1.92. The molecule has 0 radical (unpaired) electrons. The van der Waals surface area contributed by atoms with Gasteiger partial charge in [-0.2, -0.15) is 5.10 Å². The maximum absolute atomic E-state index is 11.7. The van der Waals surface area contributed by atoms with E-state index in [2.05, 4.69) is 15.8 Å². The number of hydrogen-bond acceptors (Lipinski definition) is 3. The van der Waals surface area contributed by atoms with E-state index in [-0.39, 0.29) is 0 Å². The van der Waals surface area contributed by atoms with Gasteiger partial charge < -0.3 is 5.32 Å². The molecule has 0 saturated heterocycles. The van der Waals surface area contributed by atoms with E-state index in [1.165, 1.54) is 6.21 Å². The molecule has 0 spiro atoms. The fourth-order valence-corrected chi connectivity index (χ4v) is 2.10. The Kier molecular flexibility index (Phi) is 5.73. The third-order valence-electron chi connectivity index (χ3n) is 2.85. The SMILES string of the molecule is Cc1ccc(NC(=O)C(=O)N/N=C\c2ccc(Cl)cc2Cl)cc1. The van der Waals surface area contributed by atoms with Gasteiger partial charge in [-0.3, -0.25) is 9.59 Å². The van der Waals surface area contributed by atoms with Gasteiger partial charge in [0.15, 0.2) is 0 Å². The first-order chi connectivity index (χ1) is 11.0. The van der Waals surface area contributed by atoms with Crippen molar-refractivity contribution < 1.29 is 9.59 Å². The molecule has 0 aliphatic carbocycles. The lowest BCUT2D eigenvalue weighted by Gasteiger charge is -2.04. The lowest BCUT2D eigenvalue weighted by molar-refractivity contribution is -0.136.